The van der Waals surface area contributed by atoms with Gasteiger partial charge in [0.25, 0.3) is 0 Å². The highest BCUT2D eigenvalue weighted by atomic mass is 15.5. The summed E-state index contributed by atoms with van der Waals surface area (Å²) in [6.45, 7) is 5.69. The molecule has 4 aromatic carbocycles. The zero-order valence-electron chi connectivity index (χ0n) is 21.3. The number of anilines is 2. The number of rotatable bonds is 10. The summed E-state index contributed by atoms with van der Waals surface area (Å²) < 4.78 is 2.54. The Morgan fingerprint density at radius 3 is 2.06 bits per heavy atom. The Hall–Kier alpha value is -3.85. The molecule has 0 spiro atoms. The van der Waals surface area contributed by atoms with Crippen molar-refractivity contribution in [2.75, 3.05) is 5.01 Å². The Labute approximate surface area is 214 Å². The predicted molar refractivity (Wildman–Crippen MR) is 155 cm³/mol. The molecule has 0 aliphatic heterocycles. The number of benzene rings is 4. The fraction of sp³-hybridized carbons (Fsp3) is 0.242. The lowest BCUT2D eigenvalue weighted by Crippen LogP contribution is -2.10. The minimum atomic E-state index is 0.704. The summed E-state index contributed by atoms with van der Waals surface area (Å²) in [6, 6.07) is 36.2. The van der Waals surface area contributed by atoms with Gasteiger partial charge in [-0.3, -0.25) is 0 Å². The van der Waals surface area contributed by atoms with Crippen LogP contribution < -0.4 is 5.01 Å². The van der Waals surface area contributed by atoms with E-state index in [0.29, 0.717) is 5.92 Å². The quantitative estimate of drug-likeness (QED) is 0.146. The highest BCUT2D eigenvalue weighted by Crippen LogP contribution is 2.32. The Balaban J connectivity index is 1.52. The summed E-state index contributed by atoms with van der Waals surface area (Å²) in [6.07, 6.45) is 7.04. The molecule has 3 heteroatoms. The lowest BCUT2D eigenvalue weighted by Gasteiger charge is -2.19. The molecule has 182 valence electrons. The van der Waals surface area contributed by atoms with Crippen molar-refractivity contribution in [2.24, 2.45) is 11.0 Å². The average molecular weight is 474 g/mol. The molecular formula is C33H35N3. The summed E-state index contributed by atoms with van der Waals surface area (Å²) in [7, 11) is 0. The van der Waals surface area contributed by atoms with Crippen LogP contribution in [0.3, 0.4) is 0 Å². The molecule has 0 radical (unpaired) electrons. The van der Waals surface area contributed by atoms with E-state index in [1.807, 2.05) is 47.6 Å². The maximum Gasteiger partial charge on any atom is 0.0652 e. The third kappa shape index (κ3) is 5.06. The zero-order valence-corrected chi connectivity index (χ0v) is 21.3. The molecule has 0 aliphatic rings. The number of para-hydroxylation sites is 3. The third-order valence-corrected chi connectivity index (χ3v) is 7.10. The first-order valence-electron chi connectivity index (χ1n) is 13.2. The second-order valence-corrected chi connectivity index (χ2v) is 9.55. The Bertz CT molecular complexity index is 1390. The fourth-order valence-electron chi connectivity index (χ4n) is 5.07. The standard InChI is InChI=1S/C33H35N3/c1-3-5-14-26(4-2)25-35-32-20-13-12-19-30(32)31-23-27(21-22-33(31)35)24-34-36(28-15-8-6-9-16-28)29-17-10-7-11-18-29/h6-13,15-24,26H,3-5,14,25H2,1-2H3/b34-24+. The Morgan fingerprint density at radius 2 is 1.39 bits per heavy atom. The molecule has 0 N–H and O–H groups in total. The van der Waals surface area contributed by atoms with E-state index in [9.17, 15) is 0 Å². The van der Waals surface area contributed by atoms with Crippen LogP contribution in [-0.2, 0) is 6.54 Å². The maximum atomic E-state index is 4.93. The van der Waals surface area contributed by atoms with Crippen molar-refractivity contribution >= 4 is 39.4 Å². The number of hydrogen-bond acceptors (Lipinski definition) is 2. The summed E-state index contributed by atoms with van der Waals surface area (Å²) in [4.78, 5) is 0. The van der Waals surface area contributed by atoms with Gasteiger partial charge in [-0.15, -0.1) is 0 Å². The lowest BCUT2D eigenvalue weighted by atomic mass is 9.99. The van der Waals surface area contributed by atoms with Crippen molar-refractivity contribution in [3.63, 3.8) is 0 Å². The van der Waals surface area contributed by atoms with Gasteiger partial charge in [0, 0.05) is 28.4 Å². The van der Waals surface area contributed by atoms with Gasteiger partial charge in [-0.25, -0.2) is 5.01 Å². The molecule has 0 saturated heterocycles. The Morgan fingerprint density at radius 1 is 0.750 bits per heavy atom. The molecule has 1 heterocycles. The minimum Gasteiger partial charge on any atom is -0.340 e. The van der Waals surface area contributed by atoms with Crippen LogP contribution in [0.5, 0.6) is 0 Å². The van der Waals surface area contributed by atoms with Gasteiger partial charge in [-0.1, -0.05) is 93.8 Å². The number of hydrogen-bond donors (Lipinski definition) is 0. The van der Waals surface area contributed by atoms with Crippen LogP contribution in [0.25, 0.3) is 21.8 Å². The molecule has 0 amide bonds. The number of hydrazone groups is 1. The Kier molecular flexibility index (Phi) is 7.47. The normalized spacial score (nSPS) is 12.5. The number of unbranched alkanes of at least 4 members (excludes halogenated alkanes) is 1. The molecule has 1 unspecified atom stereocenters. The molecule has 5 rings (SSSR count). The van der Waals surface area contributed by atoms with Gasteiger partial charge < -0.3 is 4.57 Å². The second kappa shape index (κ2) is 11.3. The third-order valence-electron chi connectivity index (χ3n) is 7.10. The van der Waals surface area contributed by atoms with Crippen LogP contribution >= 0.6 is 0 Å². The van der Waals surface area contributed by atoms with Crippen LogP contribution in [0.4, 0.5) is 11.4 Å². The first kappa shape index (κ1) is 23.9. The smallest absolute Gasteiger partial charge is 0.0652 e. The molecule has 0 aliphatic carbocycles. The summed E-state index contributed by atoms with van der Waals surface area (Å²) in [5.41, 5.74) is 5.81. The van der Waals surface area contributed by atoms with Crippen molar-refractivity contribution in [1.29, 1.82) is 0 Å². The first-order chi connectivity index (χ1) is 17.8. The van der Waals surface area contributed by atoms with Gasteiger partial charge >= 0.3 is 0 Å². The van der Waals surface area contributed by atoms with E-state index in [0.717, 1.165) is 23.5 Å². The number of nitrogens with zero attached hydrogens (tertiary/aromatic N) is 3. The SMILES string of the molecule is CCCCC(CC)Cn1c2ccccc2c2cc(/C=N/N(c3ccccc3)c3ccccc3)ccc21. The van der Waals surface area contributed by atoms with E-state index < -0.39 is 0 Å². The van der Waals surface area contributed by atoms with E-state index in [1.165, 1.54) is 47.5 Å². The van der Waals surface area contributed by atoms with E-state index in [1.54, 1.807) is 0 Å². The second-order valence-electron chi connectivity index (χ2n) is 9.55. The molecule has 1 atom stereocenters. The summed E-state index contributed by atoms with van der Waals surface area (Å²) in [5.74, 6) is 0.704. The fourth-order valence-corrected chi connectivity index (χ4v) is 5.07. The van der Waals surface area contributed by atoms with Gasteiger partial charge in [-0.2, -0.15) is 5.10 Å². The molecule has 0 fully saturated rings. The highest BCUT2D eigenvalue weighted by Gasteiger charge is 2.15. The molecule has 1 aromatic heterocycles. The largest absolute Gasteiger partial charge is 0.340 e. The van der Waals surface area contributed by atoms with Crippen LogP contribution in [0, 0.1) is 5.92 Å². The van der Waals surface area contributed by atoms with Crippen molar-refractivity contribution in [1.82, 2.24) is 4.57 Å². The molecule has 0 bridgehead atoms. The number of aromatic nitrogens is 1. The average Bonchev–Trinajstić information content (AvgIpc) is 3.25. The van der Waals surface area contributed by atoms with E-state index in [-0.39, 0.29) is 0 Å². The first-order valence-corrected chi connectivity index (χ1v) is 13.2. The zero-order chi connectivity index (χ0) is 24.7. The van der Waals surface area contributed by atoms with Crippen molar-refractivity contribution in [2.45, 2.75) is 46.1 Å². The highest BCUT2D eigenvalue weighted by molar-refractivity contribution is 6.09. The maximum absolute atomic E-state index is 4.93. The van der Waals surface area contributed by atoms with E-state index in [2.05, 4.69) is 85.1 Å². The predicted octanol–water partition coefficient (Wildman–Crippen LogP) is 9.18. The monoisotopic (exact) mass is 473 g/mol. The summed E-state index contributed by atoms with van der Waals surface area (Å²) >= 11 is 0. The minimum absolute atomic E-state index is 0.704. The van der Waals surface area contributed by atoms with Crippen LogP contribution in [0.2, 0.25) is 0 Å². The van der Waals surface area contributed by atoms with Gasteiger partial charge in [-0.05, 0) is 60.4 Å². The molecule has 3 nitrogen and oxygen atoms in total. The van der Waals surface area contributed by atoms with Crippen molar-refractivity contribution < 1.29 is 0 Å². The van der Waals surface area contributed by atoms with Gasteiger partial charge in [0.1, 0.15) is 0 Å². The van der Waals surface area contributed by atoms with Gasteiger partial charge in [0.2, 0.25) is 0 Å². The lowest BCUT2D eigenvalue weighted by molar-refractivity contribution is 0.401. The molecule has 5 aromatic rings. The van der Waals surface area contributed by atoms with Crippen LogP contribution in [-0.4, -0.2) is 10.8 Å². The van der Waals surface area contributed by atoms with Gasteiger partial charge in [0.15, 0.2) is 0 Å². The number of fused-ring (bicyclic) bond motifs is 3. The topological polar surface area (TPSA) is 20.5 Å². The van der Waals surface area contributed by atoms with Crippen LogP contribution in [0.15, 0.2) is 108 Å². The molecular weight excluding hydrogens is 438 g/mol. The van der Waals surface area contributed by atoms with Crippen molar-refractivity contribution in [3.05, 3.63) is 109 Å². The summed E-state index contributed by atoms with van der Waals surface area (Å²) in [5, 5.41) is 9.53. The van der Waals surface area contributed by atoms with Gasteiger partial charge in [0.05, 0.1) is 17.6 Å². The van der Waals surface area contributed by atoms with Crippen molar-refractivity contribution in [3.8, 4) is 0 Å². The van der Waals surface area contributed by atoms with E-state index in [4.69, 9.17) is 5.10 Å². The van der Waals surface area contributed by atoms with Crippen LogP contribution in [0.1, 0.15) is 45.1 Å². The molecule has 36 heavy (non-hydrogen) atoms. The molecule has 0 saturated carbocycles. The van der Waals surface area contributed by atoms with E-state index >= 15 is 0 Å².